The fourth-order valence-corrected chi connectivity index (χ4v) is 5.15. The normalized spacial score (nSPS) is 12.4. The number of fused-ring (bicyclic) bond motifs is 1. The van der Waals surface area contributed by atoms with Crippen molar-refractivity contribution in [3.8, 4) is 5.75 Å². The zero-order valence-corrected chi connectivity index (χ0v) is 21.1. The largest absolute Gasteiger partial charge is 0.494 e. The average molecular weight is 505 g/mol. The van der Waals surface area contributed by atoms with Crippen molar-refractivity contribution >= 4 is 22.2 Å². The molecule has 0 fully saturated rings. The second kappa shape index (κ2) is 10.9. The molecule has 4 heterocycles. The molecular formula is C26H28N6O3S. The van der Waals surface area contributed by atoms with Crippen LogP contribution in [0.1, 0.15) is 48.3 Å². The molecule has 186 valence electrons. The van der Waals surface area contributed by atoms with Gasteiger partial charge < -0.3 is 14.1 Å². The van der Waals surface area contributed by atoms with Gasteiger partial charge in [0.25, 0.3) is 5.56 Å². The molecule has 0 aliphatic rings. The maximum Gasteiger partial charge on any atom is 0.252 e. The Balaban J connectivity index is 1.50. The van der Waals surface area contributed by atoms with E-state index in [9.17, 15) is 4.79 Å². The Morgan fingerprint density at radius 2 is 2.08 bits per heavy atom. The van der Waals surface area contributed by atoms with E-state index in [1.165, 1.54) is 4.88 Å². The van der Waals surface area contributed by atoms with Crippen molar-refractivity contribution in [1.29, 1.82) is 0 Å². The van der Waals surface area contributed by atoms with Crippen molar-refractivity contribution in [2.24, 2.45) is 0 Å². The fourth-order valence-electron chi connectivity index (χ4n) is 4.42. The maximum atomic E-state index is 13.1. The number of benzene rings is 1. The Labute approximate surface area is 212 Å². The molecule has 10 heteroatoms. The molecule has 0 bridgehead atoms. The van der Waals surface area contributed by atoms with Crippen molar-refractivity contribution in [3.63, 3.8) is 0 Å². The molecule has 1 aromatic carbocycles. The molecule has 5 rings (SSSR count). The van der Waals surface area contributed by atoms with E-state index in [2.05, 4.69) is 43.8 Å². The van der Waals surface area contributed by atoms with Gasteiger partial charge in [0.1, 0.15) is 18.1 Å². The van der Waals surface area contributed by atoms with Gasteiger partial charge in [-0.1, -0.05) is 13.0 Å². The first-order valence-electron chi connectivity index (χ1n) is 12.0. The van der Waals surface area contributed by atoms with Crippen molar-refractivity contribution in [2.75, 3.05) is 6.61 Å². The number of aromatic amines is 1. The van der Waals surface area contributed by atoms with Crippen LogP contribution >= 0.6 is 11.3 Å². The predicted molar refractivity (Wildman–Crippen MR) is 138 cm³/mol. The topological polar surface area (TPSA) is 102 Å². The smallest absolute Gasteiger partial charge is 0.252 e. The zero-order valence-electron chi connectivity index (χ0n) is 20.3. The number of ether oxygens (including phenoxy) is 1. The van der Waals surface area contributed by atoms with E-state index in [-0.39, 0.29) is 11.6 Å². The van der Waals surface area contributed by atoms with Crippen LogP contribution in [-0.4, -0.2) is 36.7 Å². The number of hydrogen-bond donors (Lipinski definition) is 1. The minimum Gasteiger partial charge on any atom is -0.494 e. The van der Waals surface area contributed by atoms with Crippen LogP contribution in [-0.2, 0) is 19.6 Å². The lowest BCUT2D eigenvalue weighted by Crippen LogP contribution is -2.32. The quantitative estimate of drug-likeness (QED) is 0.276. The first-order valence-corrected chi connectivity index (χ1v) is 12.9. The summed E-state index contributed by atoms with van der Waals surface area (Å²) in [7, 11) is 0. The van der Waals surface area contributed by atoms with E-state index in [4.69, 9.17) is 9.15 Å². The molecule has 5 aromatic rings. The highest BCUT2D eigenvalue weighted by molar-refractivity contribution is 7.09. The van der Waals surface area contributed by atoms with Crippen molar-refractivity contribution in [2.45, 2.75) is 45.9 Å². The number of furan rings is 1. The van der Waals surface area contributed by atoms with Gasteiger partial charge in [-0.05, 0) is 71.6 Å². The number of pyridine rings is 1. The van der Waals surface area contributed by atoms with Crippen LogP contribution < -0.4 is 10.3 Å². The number of nitrogens with zero attached hydrogens (tertiary/aromatic N) is 5. The molecule has 0 aliphatic heterocycles. The Morgan fingerprint density at radius 1 is 1.17 bits per heavy atom. The third kappa shape index (κ3) is 5.24. The number of rotatable bonds is 11. The van der Waals surface area contributed by atoms with Gasteiger partial charge in [-0.15, -0.1) is 16.4 Å². The van der Waals surface area contributed by atoms with E-state index in [0.29, 0.717) is 31.8 Å². The van der Waals surface area contributed by atoms with Crippen LogP contribution in [0.4, 0.5) is 0 Å². The SMILES string of the molecule is CCOc1ccc2[nH]c(=O)c(CN(Cc3cccs3)C(CC)c3nnnn3Cc3ccco3)cc2c1. The molecule has 0 aliphatic carbocycles. The van der Waals surface area contributed by atoms with Crippen molar-refractivity contribution in [3.05, 3.63) is 92.6 Å². The molecule has 0 amide bonds. The average Bonchev–Trinajstić information content (AvgIpc) is 3.65. The molecule has 0 saturated carbocycles. The second-order valence-electron chi connectivity index (χ2n) is 8.49. The van der Waals surface area contributed by atoms with Crippen molar-refractivity contribution in [1.82, 2.24) is 30.1 Å². The number of thiophene rings is 1. The molecule has 0 saturated heterocycles. The summed E-state index contributed by atoms with van der Waals surface area (Å²) in [4.78, 5) is 19.6. The van der Waals surface area contributed by atoms with E-state index in [1.807, 2.05) is 49.4 Å². The molecule has 36 heavy (non-hydrogen) atoms. The predicted octanol–water partition coefficient (Wildman–Crippen LogP) is 4.77. The third-order valence-electron chi connectivity index (χ3n) is 6.09. The summed E-state index contributed by atoms with van der Waals surface area (Å²) in [5.74, 6) is 2.29. The Morgan fingerprint density at radius 3 is 2.83 bits per heavy atom. The maximum absolute atomic E-state index is 13.1. The van der Waals surface area contributed by atoms with Gasteiger partial charge in [-0.3, -0.25) is 9.69 Å². The molecule has 0 radical (unpaired) electrons. The van der Waals surface area contributed by atoms with E-state index >= 15 is 0 Å². The van der Waals surface area contributed by atoms with Gasteiger partial charge in [-0.25, -0.2) is 4.68 Å². The summed E-state index contributed by atoms with van der Waals surface area (Å²) in [6.45, 7) is 6.19. The third-order valence-corrected chi connectivity index (χ3v) is 6.95. The highest BCUT2D eigenvalue weighted by Gasteiger charge is 2.26. The lowest BCUT2D eigenvalue weighted by atomic mass is 10.1. The molecule has 4 aromatic heterocycles. The molecule has 9 nitrogen and oxygen atoms in total. The Kier molecular flexibility index (Phi) is 7.24. The number of H-pyrrole nitrogens is 1. The number of aromatic nitrogens is 5. The highest BCUT2D eigenvalue weighted by atomic mass is 32.1. The minimum atomic E-state index is -0.109. The zero-order chi connectivity index (χ0) is 24.9. The molecule has 1 atom stereocenters. The number of tetrazole rings is 1. The summed E-state index contributed by atoms with van der Waals surface area (Å²) < 4.78 is 12.9. The van der Waals surface area contributed by atoms with Gasteiger partial charge in [0, 0.05) is 34.4 Å². The van der Waals surface area contributed by atoms with Crippen LogP contribution in [0.2, 0.25) is 0 Å². The van der Waals surface area contributed by atoms with Gasteiger partial charge >= 0.3 is 0 Å². The molecule has 1 N–H and O–H groups in total. The molecule has 0 spiro atoms. The van der Waals surface area contributed by atoms with Crippen LogP contribution in [0.25, 0.3) is 10.9 Å². The number of hydrogen-bond acceptors (Lipinski definition) is 8. The second-order valence-corrected chi connectivity index (χ2v) is 9.52. The number of nitrogens with one attached hydrogen (secondary N) is 1. The van der Waals surface area contributed by atoms with Gasteiger partial charge in [0.2, 0.25) is 0 Å². The lowest BCUT2D eigenvalue weighted by molar-refractivity contribution is 0.162. The van der Waals surface area contributed by atoms with Gasteiger partial charge in [0.15, 0.2) is 5.82 Å². The summed E-state index contributed by atoms with van der Waals surface area (Å²) in [5, 5.41) is 15.6. The van der Waals surface area contributed by atoms with Gasteiger partial charge in [-0.2, -0.15) is 0 Å². The summed E-state index contributed by atoms with van der Waals surface area (Å²) in [6, 6.07) is 15.5. The van der Waals surface area contributed by atoms with E-state index in [1.54, 1.807) is 22.3 Å². The summed E-state index contributed by atoms with van der Waals surface area (Å²) in [5.41, 5.74) is 1.36. The lowest BCUT2D eigenvalue weighted by Gasteiger charge is -2.29. The highest BCUT2D eigenvalue weighted by Crippen LogP contribution is 2.28. The van der Waals surface area contributed by atoms with E-state index in [0.717, 1.165) is 34.7 Å². The minimum absolute atomic E-state index is 0.104. The summed E-state index contributed by atoms with van der Waals surface area (Å²) in [6.07, 6.45) is 2.41. The Bertz CT molecular complexity index is 1460. The summed E-state index contributed by atoms with van der Waals surface area (Å²) >= 11 is 1.69. The Hall–Kier alpha value is -3.76. The fraction of sp³-hybridized carbons (Fsp3) is 0.308. The van der Waals surface area contributed by atoms with Crippen LogP contribution in [0, 0.1) is 0 Å². The monoisotopic (exact) mass is 504 g/mol. The van der Waals surface area contributed by atoms with Gasteiger partial charge in [0.05, 0.1) is 18.9 Å². The first-order chi connectivity index (χ1) is 17.6. The standard InChI is InChI=1S/C26H28N6O3S/c1-3-24(25-28-29-30-32(25)16-21-7-5-11-35-21)31(17-22-8-6-12-36-22)15-19-13-18-14-20(34-4-2)9-10-23(18)27-26(19)33/h5-14,24H,3-4,15-17H2,1-2H3,(H,27,33). The van der Waals surface area contributed by atoms with Crippen LogP contribution in [0.3, 0.4) is 0 Å². The van der Waals surface area contributed by atoms with Crippen LogP contribution in [0.15, 0.2) is 69.4 Å². The molecular weight excluding hydrogens is 476 g/mol. The first kappa shape index (κ1) is 24.0. The van der Waals surface area contributed by atoms with Crippen molar-refractivity contribution < 1.29 is 9.15 Å². The van der Waals surface area contributed by atoms with E-state index < -0.39 is 0 Å². The van der Waals surface area contributed by atoms with Crippen LogP contribution in [0.5, 0.6) is 5.75 Å². The molecule has 1 unspecified atom stereocenters.